The van der Waals surface area contributed by atoms with E-state index in [0.717, 1.165) is 18.4 Å². The van der Waals surface area contributed by atoms with E-state index >= 15 is 0 Å². The maximum atomic E-state index is 13.1. The number of carbonyl (C=O) groups excluding carboxylic acids is 2. The minimum Gasteiger partial charge on any atom is -0.465 e. The first-order chi connectivity index (χ1) is 14.6. The lowest BCUT2D eigenvalue weighted by atomic mass is 10.0. The summed E-state index contributed by atoms with van der Waals surface area (Å²) in [5.41, 5.74) is 2.48. The largest absolute Gasteiger partial charge is 0.465 e. The Hall–Kier alpha value is -2.71. The number of carbonyl (C=O) groups is 2. The summed E-state index contributed by atoms with van der Waals surface area (Å²) in [6.07, 6.45) is 1.66. The van der Waals surface area contributed by atoms with Crippen LogP contribution in [0.25, 0.3) is 0 Å². The third-order valence-corrected chi connectivity index (χ3v) is 7.64. The van der Waals surface area contributed by atoms with E-state index in [-0.39, 0.29) is 10.5 Å². The van der Waals surface area contributed by atoms with Crippen molar-refractivity contribution >= 4 is 27.6 Å². The molecule has 1 N–H and O–H groups in total. The molecule has 0 spiro atoms. The molecule has 166 valence electrons. The lowest BCUT2D eigenvalue weighted by Crippen LogP contribution is -2.38. The van der Waals surface area contributed by atoms with Crippen molar-refractivity contribution in [2.75, 3.05) is 25.5 Å². The van der Waals surface area contributed by atoms with E-state index in [2.05, 4.69) is 12.2 Å². The van der Waals surface area contributed by atoms with Crippen LogP contribution < -0.4 is 5.32 Å². The van der Waals surface area contributed by atoms with Gasteiger partial charge in [-0.2, -0.15) is 4.31 Å². The van der Waals surface area contributed by atoms with E-state index in [9.17, 15) is 18.0 Å². The molecule has 2 aromatic rings. The molecule has 1 aliphatic rings. The Labute approximate surface area is 183 Å². The van der Waals surface area contributed by atoms with E-state index in [1.807, 2.05) is 6.92 Å². The Morgan fingerprint density at radius 3 is 2.32 bits per heavy atom. The number of sulfonamides is 1. The molecule has 31 heavy (non-hydrogen) atoms. The number of ether oxygens (including phenoxy) is 1. The molecule has 1 saturated heterocycles. The van der Waals surface area contributed by atoms with Crippen molar-refractivity contribution in [3.05, 3.63) is 58.7 Å². The second-order valence-corrected chi connectivity index (χ2v) is 9.98. The average molecular weight is 445 g/mol. The monoisotopic (exact) mass is 444 g/mol. The van der Waals surface area contributed by atoms with Crippen molar-refractivity contribution in [3.63, 3.8) is 0 Å². The summed E-state index contributed by atoms with van der Waals surface area (Å²) in [7, 11) is -2.38. The standard InChI is InChI=1S/C23H28N2O5S/c1-15-9-11-25(12-10-15)31(28,29)19-8-6-16(2)20(14-19)22(26)24-21-13-18(23(27)30-4)7-5-17(21)3/h5-8,13-15H,9-12H2,1-4H3,(H,24,26). The van der Waals surface area contributed by atoms with Gasteiger partial charge in [-0.05, 0) is 68.0 Å². The number of benzene rings is 2. The topological polar surface area (TPSA) is 92.8 Å². The van der Waals surface area contributed by atoms with Crippen LogP contribution in [-0.4, -0.2) is 44.8 Å². The highest BCUT2D eigenvalue weighted by atomic mass is 32.2. The van der Waals surface area contributed by atoms with Gasteiger partial charge in [0.25, 0.3) is 5.91 Å². The second-order valence-electron chi connectivity index (χ2n) is 8.04. The van der Waals surface area contributed by atoms with Crippen LogP contribution >= 0.6 is 0 Å². The van der Waals surface area contributed by atoms with E-state index in [0.29, 0.717) is 35.8 Å². The van der Waals surface area contributed by atoms with E-state index in [4.69, 9.17) is 4.74 Å². The first kappa shape index (κ1) is 23.0. The zero-order valence-electron chi connectivity index (χ0n) is 18.3. The second kappa shape index (κ2) is 9.20. The maximum Gasteiger partial charge on any atom is 0.337 e. The predicted octanol–water partition coefficient (Wildman–Crippen LogP) is 3.76. The van der Waals surface area contributed by atoms with Crippen LogP contribution in [0.3, 0.4) is 0 Å². The number of rotatable bonds is 5. The SMILES string of the molecule is COC(=O)c1ccc(C)c(NC(=O)c2cc(S(=O)(=O)N3CCC(C)CC3)ccc2C)c1. The number of methoxy groups -OCH3 is 1. The quantitative estimate of drug-likeness (QED) is 0.709. The zero-order valence-corrected chi connectivity index (χ0v) is 19.1. The van der Waals surface area contributed by atoms with E-state index in [1.54, 1.807) is 37.3 Å². The van der Waals surface area contributed by atoms with Gasteiger partial charge in [0.2, 0.25) is 10.0 Å². The van der Waals surface area contributed by atoms with Crippen molar-refractivity contribution in [2.45, 2.75) is 38.5 Å². The average Bonchev–Trinajstić information content (AvgIpc) is 2.75. The fourth-order valence-electron chi connectivity index (χ4n) is 3.57. The fraction of sp³-hybridized carbons (Fsp3) is 0.391. The van der Waals surface area contributed by atoms with Gasteiger partial charge in [-0.3, -0.25) is 4.79 Å². The van der Waals surface area contributed by atoms with E-state index < -0.39 is 21.9 Å². The summed E-state index contributed by atoms with van der Waals surface area (Å²) < 4.78 is 32.4. The van der Waals surface area contributed by atoms with Gasteiger partial charge in [-0.25, -0.2) is 13.2 Å². The summed E-state index contributed by atoms with van der Waals surface area (Å²) in [6.45, 7) is 6.65. The summed E-state index contributed by atoms with van der Waals surface area (Å²) in [6, 6.07) is 9.50. The number of esters is 1. The molecular weight excluding hydrogens is 416 g/mol. The smallest absolute Gasteiger partial charge is 0.337 e. The molecule has 7 nitrogen and oxygen atoms in total. The number of piperidine rings is 1. The van der Waals surface area contributed by atoms with Gasteiger partial charge in [-0.15, -0.1) is 0 Å². The van der Waals surface area contributed by atoms with Gasteiger partial charge in [-0.1, -0.05) is 19.1 Å². The number of amides is 1. The van der Waals surface area contributed by atoms with Gasteiger partial charge in [0.05, 0.1) is 17.6 Å². The molecule has 3 rings (SSSR count). The van der Waals surface area contributed by atoms with Crippen LogP contribution in [-0.2, 0) is 14.8 Å². The zero-order chi connectivity index (χ0) is 22.8. The molecule has 0 unspecified atom stereocenters. The van der Waals surface area contributed by atoms with Crippen molar-refractivity contribution in [2.24, 2.45) is 5.92 Å². The molecule has 1 aliphatic heterocycles. The first-order valence-electron chi connectivity index (χ1n) is 10.2. The normalized spacial score (nSPS) is 15.5. The highest BCUT2D eigenvalue weighted by Crippen LogP contribution is 2.26. The van der Waals surface area contributed by atoms with Crippen LogP contribution in [0.15, 0.2) is 41.3 Å². The minimum absolute atomic E-state index is 0.109. The summed E-state index contributed by atoms with van der Waals surface area (Å²) in [5.74, 6) is -0.433. The Morgan fingerprint density at radius 2 is 1.68 bits per heavy atom. The lowest BCUT2D eigenvalue weighted by Gasteiger charge is -2.29. The molecule has 0 aromatic heterocycles. The van der Waals surface area contributed by atoms with Crippen molar-refractivity contribution in [1.29, 1.82) is 0 Å². The Kier molecular flexibility index (Phi) is 6.81. The first-order valence-corrected chi connectivity index (χ1v) is 11.7. The van der Waals surface area contributed by atoms with Crippen LogP contribution in [0, 0.1) is 19.8 Å². The highest BCUT2D eigenvalue weighted by molar-refractivity contribution is 7.89. The number of nitrogens with one attached hydrogen (secondary N) is 1. The maximum absolute atomic E-state index is 13.1. The van der Waals surface area contributed by atoms with Crippen LogP contribution in [0.1, 0.15) is 51.6 Å². The third-order valence-electron chi connectivity index (χ3n) is 5.74. The summed E-state index contributed by atoms with van der Waals surface area (Å²) in [5, 5.41) is 2.80. The third kappa shape index (κ3) is 4.97. The van der Waals surface area contributed by atoms with Crippen LogP contribution in [0.2, 0.25) is 0 Å². The van der Waals surface area contributed by atoms with Gasteiger partial charge >= 0.3 is 5.97 Å². The van der Waals surface area contributed by atoms with Crippen molar-refractivity contribution in [3.8, 4) is 0 Å². The fourth-order valence-corrected chi connectivity index (χ4v) is 5.07. The summed E-state index contributed by atoms with van der Waals surface area (Å²) >= 11 is 0. The predicted molar refractivity (Wildman–Crippen MR) is 119 cm³/mol. The van der Waals surface area contributed by atoms with Gasteiger partial charge < -0.3 is 10.1 Å². The molecular formula is C23H28N2O5S. The van der Waals surface area contributed by atoms with E-state index in [1.165, 1.54) is 17.5 Å². The Morgan fingerprint density at radius 1 is 1.03 bits per heavy atom. The number of anilines is 1. The summed E-state index contributed by atoms with van der Waals surface area (Å²) in [4.78, 5) is 24.9. The van der Waals surface area contributed by atoms with Gasteiger partial charge in [0.15, 0.2) is 0 Å². The molecule has 2 aromatic carbocycles. The minimum atomic E-state index is -3.67. The molecule has 1 amide bonds. The van der Waals surface area contributed by atoms with Crippen molar-refractivity contribution in [1.82, 2.24) is 4.31 Å². The number of hydrogen-bond donors (Lipinski definition) is 1. The van der Waals surface area contributed by atoms with Gasteiger partial charge in [0.1, 0.15) is 0 Å². The molecule has 0 saturated carbocycles. The van der Waals surface area contributed by atoms with Crippen molar-refractivity contribution < 1.29 is 22.7 Å². The number of nitrogens with zero attached hydrogens (tertiary/aromatic N) is 1. The highest BCUT2D eigenvalue weighted by Gasteiger charge is 2.29. The molecule has 0 bridgehead atoms. The molecule has 1 fully saturated rings. The number of aryl methyl sites for hydroxylation is 2. The Bertz CT molecular complexity index is 1100. The molecule has 0 atom stereocenters. The molecule has 0 radical (unpaired) electrons. The van der Waals surface area contributed by atoms with Gasteiger partial charge in [0, 0.05) is 24.3 Å². The van der Waals surface area contributed by atoms with Crippen LogP contribution in [0.4, 0.5) is 5.69 Å². The lowest BCUT2D eigenvalue weighted by molar-refractivity contribution is 0.0600. The molecule has 1 heterocycles. The number of hydrogen-bond acceptors (Lipinski definition) is 5. The molecule has 8 heteroatoms. The van der Waals surface area contributed by atoms with Crippen LogP contribution in [0.5, 0.6) is 0 Å². The Balaban J connectivity index is 1.88. The molecule has 0 aliphatic carbocycles.